The lowest BCUT2D eigenvalue weighted by atomic mass is 9.95. The Bertz CT molecular complexity index is 526. The highest BCUT2D eigenvalue weighted by molar-refractivity contribution is 5.86. The van der Waals surface area contributed by atoms with Crippen molar-refractivity contribution in [2.24, 2.45) is 5.92 Å². The van der Waals surface area contributed by atoms with Gasteiger partial charge in [0.2, 0.25) is 5.91 Å². The molecule has 0 bridgehead atoms. The number of methoxy groups -OCH3 is 1. The van der Waals surface area contributed by atoms with Gasteiger partial charge in [-0.05, 0) is 25.7 Å². The molecule has 0 aromatic carbocycles. The summed E-state index contributed by atoms with van der Waals surface area (Å²) >= 11 is 0. The van der Waals surface area contributed by atoms with E-state index in [1.54, 1.807) is 7.11 Å². The molecule has 3 amide bonds. The smallest absolute Gasteiger partial charge is 0.326 e. The number of hydrogen-bond acceptors (Lipinski definition) is 4. The average molecular weight is 353 g/mol. The first kappa shape index (κ1) is 18.0. The van der Waals surface area contributed by atoms with E-state index >= 15 is 0 Å². The van der Waals surface area contributed by atoms with Gasteiger partial charge < -0.3 is 24.5 Å². The second kappa shape index (κ2) is 7.59. The lowest BCUT2D eigenvalue weighted by Gasteiger charge is -2.35. The second-order valence-electron chi connectivity index (χ2n) is 7.18. The summed E-state index contributed by atoms with van der Waals surface area (Å²) in [6.45, 7) is 3.10. The highest BCUT2D eigenvalue weighted by Crippen LogP contribution is 2.27. The Hall–Kier alpha value is -1.83. The molecule has 3 heterocycles. The van der Waals surface area contributed by atoms with Crippen LogP contribution in [0.25, 0.3) is 0 Å². The lowest BCUT2D eigenvalue weighted by molar-refractivity contribution is -0.150. The minimum atomic E-state index is -0.977. The van der Waals surface area contributed by atoms with E-state index in [2.05, 4.69) is 0 Å². The Labute approximate surface area is 147 Å². The maximum absolute atomic E-state index is 12.8. The molecule has 140 valence electrons. The van der Waals surface area contributed by atoms with Crippen molar-refractivity contribution in [1.29, 1.82) is 0 Å². The van der Waals surface area contributed by atoms with Crippen LogP contribution in [0.5, 0.6) is 0 Å². The van der Waals surface area contributed by atoms with Gasteiger partial charge in [0.15, 0.2) is 0 Å². The van der Waals surface area contributed by atoms with E-state index in [4.69, 9.17) is 4.74 Å². The first-order valence-electron chi connectivity index (χ1n) is 9.11. The first-order chi connectivity index (χ1) is 12.0. The zero-order chi connectivity index (χ0) is 18.0. The molecule has 3 fully saturated rings. The second-order valence-corrected chi connectivity index (χ2v) is 7.18. The van der Waals surface area contributed by atoms with Crippen LogP contribution in [0.4, 0.5) is 4.79 Å². The van der Waals surface area contributed by atoms with E-state index in [9.17, 15) is 19.5 Å². The summed E-state index contributed by atoms with van der Waals surface area (Å²) in [5, 5.41) is 9.37. The van der Waals surface area contributed by atoms with Crippen LogP contribution in [0.15, 0.2) is 0 Å². The molecule has 8 heteroatoms. The maximum Gasteiger partial charge on any atom is 0.326 e. The van der Waals surface area contributed by atoms with Crippen molar-refractivity contribution in [2.75, 3.05) is 39.8 Å². The summed E-state index contributed by atoms with van der Waals surface area (Å²) < 4.78 is 5.25. The predicted octanol–water partition coefficient (Wildman–Crippen LogP) is 0.615. The number of carboxylic acids is 1. The standard InChI is InChI=1S/C17H27N3O5/c1-25-13-10-14(16(22)23)20(11-13)15(21)12-4-8-19(9-5-12)17(24)18-6-2-3-7-18/h12-14H,2-11H2,1H3,(H,22,23). The number of piperidine rings is 1. The van der Waals surface area contributed by atoms with Gasteiger partial charge in [-0.25, -0.2) is 9.59 Å². The van der Waals surface area contributed by atoms with Crippen molar-refractivity contribution in [3.05, 3.63) is 0 Å². The molecule has 0 aromatic rings. The molecule has 2 unspecified atom stereocenters. The Balaban J connectivity index is 1.55. The summed E-state index contributed by atoms with van der Waals surface area (Å²) in [6.07, 6.45) is 3.43. The van der Waals surface area contributed by atoms with E-state index in [0.29, 0.717) is 38.9 Å². The Morgan fingerprint density at radius 3 is 2.16 bits per heavy atom. The molecule has 0 radical (unpaired) electrons. The minimum Gasteiger partial charge on any atom is -0.480 e. The molecule has 3 rings (SSSR count). The Kier molecular flexibility index (Phi) is 5.46. The molecule has 3 aliphatic rings. The summed E-state index contributed by atoms with van der Waals surface area (Å²) in [6, 6.07) is -0.728. The monoisotopic (exact) mass is 353 g/mol. The lowest BCUT2D eigenvalue weighted by Crippen LogP contribution is -2.49. The fraction of sp³-hybridized carbons (Fsp3) is 0.824. The van der Waals surface area contributed by atoms with Crippen molar-refractivity contribution in [3.63, 3.8) is 0 Å². The number of hydrogen-bond donors (Lipinski definition) is 1. The normalized spacial score (nSPS) is 27.8. The van der Waals surface area contributed by atoms with E-state index in [0.717, 1.165) is 25.9 Å². The Morgan fingerprint density at radius 1 is 1.00 bits per heavy atom. The van der Waals surface area contributed by atoms with Crippen molar-refractivity contribution >= 4 is 17.9 Å². The summed E-state index contributed by atoms with van der Waals surface area (Å²) in [5.74, 6) is -1.30. The molecular weight excluding hydrogens is 326 g/mol. The summed E-state index contributed by atoms with van der Waals surface area (Å²) in [7, 11) is 1.54. The van der Waals surface area contributed by atoms with Crippen LogP contribution < -0.4 is 0 Å². The molecule has 0 aromatic heterocycles. The van der Waals surface area contributed by atoms with Crippen LogP contribution in [0, 0.1) is 5.92 Å². The fourth-order valence-corrected chi connectivity index (χ4v) is 4.11. The minimum absolute atomic E-state index is 0.0763. The van der Waals surface area contributed by atoms with E-state index in [1.165, 1.54) is 4.90 Å². The average Bonchev–Trinajstić information content (AvgIpc) is 3.30. The van der Waals surface area contributed by atoms with Crippen molar-refractivity contribution in [3.8, 4) is 0 Å². The zero-order valence-corrected chi connectivity index (χ0v) is 14.7. The van der Waals surface area contributed by atoms with Crippen molar-refractivity contribution < 1.29 is 24.2 Å². The number of rotatable bonds is 3. The van der Waals surface area contributed by atoms with Crippen LogP contribution in [-0.2, 0) is 14.3 Å². The summed E-state index contributed by atoms with van der Waals surface area (Å²) in [4.78, 5) is 41.8. The number of carbonyl (C=O) groups is 3. The number of ether oxygens (including phenoxy) is 1. The third kappa shape index (κ3) is 3.73. The van der Waals surface area contributed by atoms with Gasteiger partial charge in [-0.15, -0.1) is 0 Å². The van der Waals surface area contributed by atoms with E-state index in [1.807, 2.05) is 9.80 Å². The molecule has 2 atom stereocenters. The molecule has 25 heavy (non-hydrogen) atoms. The molecule has 0 spiro atoms. The molecule has 3 saturated heterocycles. The van der Waals surface area contributed by atoms with Gasteiger partial charge >= 0.3 is 12.0 Å². The van der Waals surface area contributed by atoms with Crippen molar-refractivity contribution in [2.45, 2.75) is 44.2 Å². The number of carbonyl (C=O) groups excluding carboxylic acids is 2. The molecular formula is C17H27N3O5. The first-order valence-corrected chi connectivity index (χ1v) is 9.11. The zero-order valence-electron chi connectivity index (χ0n) is 14.7. The van der Waals surface area contributed by atoms with Gasteiger partial charge in [-0.2, -0.15) is 0 Å². The largest absolute Gasteiger partial charge is 0.480 e. The highest BCUT2D eigenvalue weighted by Gasteiger charge is 2.42. The molecule has 0 saturated carbocycles. The summed E-state index contributed by atoms with van der Waals surface area (Å²) in [5.41, 5.74) is 0. The molecule has 8 nitrogen and oxygen atoms in total. The van der Waals surface area contributed by atoms with Gasteiger partial charge in [0.25, 0.3) is 0 Å². The quantitative estimate of drug-likeness (QED) is 0.803. The number of carboxylic acid groups (broad SMARTS) is 1. The van der Waals surface area contributed by atoms with Crippen LogP contribution in [0.1, 0.15) is 32.1 Å². The number of likely N-dealkylation sites (tertiary alicyclic amines) is 3. The highest BCUT2D eigenvalue weighted by atomic mass is 16.5. The number of nitrogens with zero attached hydrogens (tertiary/aromatic N) is 3. The van der Waals surface area contributed by atoms with E-state index in [-0.39, 0.29) is 24.0 Å². The number of aliphatic carboxylic acids is 1. The van der Waals surface area contributed by atoms with Crippen LogP contribution >= 0.6 is 0 Å². The van der Waals surface area contributed by atoms with Crippen molar-refractivity contribution in [1.82, 2.24) is 14.7 Å². The van der Waals surface area contributed by atoms with Crippen LogP contribution in [0.2, 0.25) is 0 Å². The van der Waals surface area contributed by atoms with E-state index < -0.39 is 12.0 Å². The molecule has 3 aliphatic heterocycles. The predicted molar refractivity (Wildman–Crippen MR) is 89.1 cm³/mol. The van der Waals surface area contributed by atoms with Gasteiger partial charge in [-0.1, -0.05) is 0 Å². The van der Waals surface area contributed by atoms with Crippen LogP contribution in [0.3, 0.4) is 0 Å². The SMILES string of the molecule is COC1CC(C(=O)O)N(C(=O)C2CCN(C(=O)N3CCCC3)CC2)C1. The maximum atomic E-state index is 12.8. The topological polar surface area (TPSA) is 90.4 Å². The molecule has 1 N–H and O–H groups in total. The van der Waals surface area contributed by atoms with Crippen LogP contribution in [-0.4, -0.2) is 89.7 Å². The third-order valence-corrected chi connectivity index (χ3v) is 5.66. The van der Waals surface area contributed by atoms with Gasteiger partial charge in [0, 0.05) is 52.2 Å². The molecule has 0 aliphatic carbocycles. The Morgan fingerprint density at radius 2 is 1.60 bits per heavy atom. The van der Waals surface area contributed by atoms with Gasteiger partial charge in [-0.3, -0.25) is 4.79 Å². The van der Waals surface area contributed by atoms with Gasteiger partial charge in [0.05, 0.1) is 6.10 Å². The number of urea groups is 1. The third-order valence-electron chi connectivity index (χ3n) is 5.66. The van der Waals surface area contributed by atoms with Gasteiger partial charge in [0.1, 0.15) is 6.04 Å². The fourth-order valence-electron chi connectivity index (χ4n) is 4.11. The number of amides is 3.